The molecule has 0 radical (unpaired) electrons. The molecule has 0 bridgehead atoms. The van der Waals surface area contributed by atoms with Crippen molar-refractivity contribution < 1.29 is 23.3 Å². The second kappa shape index (κ2) is 11.7. The zero-order valence-corrected chi connectivity index (χ0v) is 25.1. The minimum Gasteiger partial charge on any atom is -0.150 e. The zero-order chi connectivity index (χ0) is 24.2. The molecule has 4 rings (SSSR count). The van der Waals surface area contributed by atoms with Crippen molar-refractivity contribution in [3.63, 3.8) is 0 Å². The molecule has 166 valence electrons. The van der Waals surface area contributed by atoms with Crippen molar-refractivity contribution >= 4 is 16.2 Å². The Morgan fingerprint density at radius 1 is 0.906 bits per heavy atom. The maximum Gasteiger partial charge on any atom is -0.0395 e. The summed E-state index contributed by atoms with van der Waals surface area (Å²) in [5.41, 5.74) is 12.8. The van der Waals surface area contributed by atoms with Crippen molar-refractivity contribution in [1.29, 1.82) is 0 Å². The maximum atomic E-state index is 3.36. The van der Waals surface area contributed by atoms with Crippen molar-refractivity contribution in [2.24, 2.45) is 5.92 Å². The number of hydrogen-bond acceptors (Lipinski definition) is 0. The first-order valence-corrected chi connectivity index (χ1v) is 17.7. The topological polar surface area (TPSA) is 0 Å². The van der Waals surface area contributed by atoms with Crippen LogP contribution in [-0.4, -0.2) is 5.43 Å². The molecule has 0 amide bonds. The van der Waals surface area contributed by atoms with Gasteiger partial charge in [0, 0.05) is 0 Å². The summed E-state index contributed by atoms with van der Waals surface area (Å²) < 4.78 is 0. The van der Waals surface area contributed by atoms with Crippen LogP contribution in [0.2, 0.25) is 13.1 Å². The van der Waals surface area contributed by atoms with Gasteiger partial charge in [-0.25, -0.2) is 5.57 Å². The summed E-state index contributed by atoms with van der Waals surface area (Å²) in [5.74, 6) is 0.560. The second-order valence-corrected chi connectivity index (χ2v) is 18.6. The Bertz CT molecular complexity index is 1160. The summed E-state index contributed by atoms with van der Waals surface area (Å²) in [6, 6.07) is 15.4. The van der Waals surface area contributed by atoms with Gasteiger partial charge in [0.25, 0.3) is 0 Å². The molecule has 0 heterocycles. The summed E-state index contributed by atoms with van der Waals surface area (Å²) in [5, 5.41) is 2.69. The largest absolute Gasteiger partial charge is 0.150 e. The Morgan fingerprint density at radius 3 is 1.88 bits per heavy atom. The van der Waals surface area contributed by atoms with Crippen molar-refractivity contribution in [2.75, 3.05) is 0 Å². The van der Waals surface area contributed by atoms with Gasteiger partial charge in [-0.2, -0.15) is 11.1 Å². The van der Waals surface area contributed by atoms with Crippen molar-refractivity contribution in [3.8, 4) is 11.1 Å². The minimum absolute atomic E-state index is 0.210. The molecular weight excluding hydrogens is 480 g/mol. The smallest absolute Gasteiger partial charge is 0.0395 e. The Kier molecular flexibility index (Phi) is 9.80. The average molecular weight is 518 g/mol. The van der Waals surface area contributed by atoms with E-state index in [9.17, 15) is 0 Å². The molecule has 32 heavy (non-hydrogen) atoms. The van der Waals surface area contributed by atoms with E-state index in [0.717, 1.165) is 0 Å². The van der Waals surface area contributed by atoms with Gasteiger partial charge in [-0.3, -0.25) is 6.08 Å². The van der Waals surface area contributed by atoms with E-state index in [-0.39, 0.29) is 5.43 Å². The van der Waals surface area contributed by atoms with Crippen LogP contribution in [0.3, 0.4) is 0 Å². The molecule has 0 N–H and O–H groups in total. The van der Waals surface area contributed by atoms with Crippen molar-refractivity contribution in [3.05, 3.63) is 87.5 Å². The monoisotopic (exact) mass is 516 g/mol. The summed E-state index contributed by atoms with van der Waals surface area (Å²) in [6.45, 7) is 22.2. The van der Waals surface area contributed by atoms with E-state index in [4.69, 9.17) is 0 Å². The zero-order valence-electron chi connectivity index (χ0n) is 21.6. The van der Waals surface area contributed by atoms with Crippen LogP contribution in [0.5, 0.6) is 0 Å². The van der Waals surface area contributed by atoms with Crippen molar-refractivity contribution in [2.45, 2.75) is 68.5 Å². The van der Waals surface area contributed by atoms with Gasteiger partial charge in [-0.15, -0.1) is 53.6 Å². The van der Waals surface area contributed by atoms with Crippen LogP contribution in [0.25, 0.3) is 21.9 Å². The van der Waals surface area contributed by atoms with Crippen LogP contribution in [0.1, 0.15) is 49.9 Å². The van der Waals surface area contributed by atoms with Crippen LogP contribution >= 0.6 is 0 Å². The first-order valence-electron chi connectivity index (χ1n) is 11.5. The van der Waals surface area contributed by atoms with Gasteiger partial charge >= 0.3 is 41.9 Å². The molecule has 0 spiro atoms. The molecule has 1 atom stereocenters. The third-order valence-corrected chi connectivity index (χ3v) is 6.55. The Labute approximate surface area is 211 Å². The number of allylic oxidation sites excluding steroid dienone is 4. The molecule has 1 aliphatic rings. The molecule has 0 fully saturated rings. The number of benzene rings is 2. The standard InChI is InChI=1S/C19H19.C9H13.C2H6Si.Zr/c1-12-11-13(2)15(4)19(14(12)3)18-10-9-16-7-5-6-8-17(16)18;1-6-5-7(2)9(4)8(6)3;1-3-2;/h5-11H,1-4H3;6H,1-4H3;1-2H3;/q2*-1;;+2. The van der Waals surface area contributed by atoms with E-state index in [1.54, 1.807) is 23.3 Å². The average Bonchev–Trinajstić information content (AvgIpc) is 3.24. The third-order valence-electron chi connectivity index (χ3n) is 6.55. The fourth-order valence-corrected chi connectivity index (χ4v) is 4.15. The number of hydrogen-bond donors (Lipinski definition) is 0. The quantitative estimate of drug-likeness (QED) is 0.223. The fourth-order valence-electron chi connectivity index (χ4n) is 4.15. The van der Waals surface area contributed by atoms with Gasteiger partial charge < -0.3 is 0 Å². The fraction of sp³-hybridized carbons (Fsp3) is 0.367. The van der Waals surface area contributed by atoms with E-state index >= 15 is 0 Å². The van der Waals surface area contributed by atoms with Crippen molar-refractivity contribution in [1.82, 2.24) is 0 Å². The van der Waals surface area contributed by atoms with Gasteiger partial charge in [0.2, 0.25) is 0 Å². The van der Waals surface area contributed by atoms with Gasteiger partial charge in [0.1, 0.15) is 0 Å². The van der Waals surface area contributed by atoms with Crippen LogP contribution in [0.15, 0.2) is 59.2 Å². The molecule has 3 aromatic rings. The summed E-state index contributed by atoms with van der Waals surface area (Å²) in [4.78, 5) is 0. The van der Waals surface area contributed by atoms with E-state index in [1.165, 1.54) is 60.9 Å². The normalized spacial score (nSPS) is 15.1. The maximum absolute atomic E-state index is 3.36. The SMILES string of the molecule is CC1=[C-]C(C)C(C)=C1C.C[Si](C)=[Zr+2].Cc1cc(C)c(C)c(-c2c[cH-]c3ccccc23)c1C. The second-order valence-electron chi connectivity index (χ2n) is 9.27. The summed E-state index contributed by atoms with van der Waals surface area (Å²) in [7, 11) is 0. The van der Waals surface area contributed by atoms with E-state index in [1.807, 2.05) is 0 Å². The summed E-state index contributed by atoms with van der Waals surface area (Å²) in [6.07, 6.45) is 3.36. The predicted molar refractivity (Wildman–Crippen MR) is 141 cm³/mol. The number of rotatable bonds is 1. The molecule has 1 aliphatic carbocycles. The van der Waals surface area contributed by atoms with Gasteiger partial charge in [-0.05, 0) is 38.8 Å². The Balaban J connectivity index is 0.000000233. The Morgan fingerprint density at radius 2 is 1.44 bits per heavy atom. The first-order chi connectivity index (χ1) is 15.0. The number of fused-ring (bicyclic) bond motifs is 1. The number of aryl methyl sites for hydroxylation is 2. The van der Waals surface area contributed by atoms with Crippen LogP contribution in [-0.2, 0) is 23.3 Å². The molecule has 2 heteroatoms. The minimum atomic E-state index is 0.210. The van der Waals surface area contributed by atoms with E-state index in [0.29, 0.717) is 5.92 Å². The molecular formula is C30H38SiZr. The van der Waals surface area contributed by atoms with Crippen LogP contribution < -0.4 is 0 Å². The van der Waals surface area contributed by atoms with Crippen LogP contribution in [0.4, 0.5) is 0 Å². The summed E-state index contributed by atoms with van der Waals surface area (Å²) >= 11 is 1.74. The molecule has 0 aromatic heterocycles. The predicted octanol–water partition coefficient (Wildman–Crippen LogP) is 8.97. The molecule has 3 aromatic carbocycles. The molecule has 0 saturated carbocycles. The first kappa shape index (κ1) is 26.9. The Hall–Kier alpha value is -1.37. The van der Waals surface area contributed by atoms with Gasteiger partial charge in [0.05, 0.1) is 0 Å². The van der Waals surface area contributed by atoms with Gasteiger partial charge in [0.15, 0.2) is 0 Å². The molecule has 1 unspecified atom stereocenters. The molecule has 0 aliphatic heterocycles. The molecule has 0 nitrogen and oxygen atoms in total. The van der Waals surface area contributed by atoms with E-state index in [2.05, 4.69) is 117 Å². The molecule has 0 saturated heterocycles. The van der Waals surface area contributed by atoms with Gasteiger partial charge in [-0.1, -0.05) is 55.5 Å². The third kappa shape index (κ3) is 6.36. The van der Waals surface area contributed by atoms with Crippen LogP contribution in [0, 0.1) is 39.7 Å². The van der Waals surface area contributed by atoms with E-state index < -0.39 is 0 Å².